The third-order valence-corrected chi connectivity index (χ3v) is 0.851. The second-order valence-electron chi connectivity index (χ2n) is 0.845. The zero-order chi connectivity index (χ0) is 4.99. The van der Waals surface area contributed by atoms with Crippen LogP contribution in [0.5, 0.6) is 0 Å². The van der Waals surface area contributed by atoms with E-state index >= 15 is 0 Å². The molecule has 9 heteroatoms. The van der Waals surface area contributed by atoms with Crippen LogP contribution >= 0.6 is 0 Å². The first-order valence-electron chi connectivity index (χ1n) is 1.72. The molecule has 0 aromatic rings. The minimum atomic E-state index is -0.174. The SMILES string of the molecule is [CH3][Al+][O]C(C)=O.[Cl-].[Cl-].[Cl-].[Cl-].[Cl-].[Ti+4]. The maximum Gasteiger partial charge on any atom is 4.00 e. The van der Waals surface area contributed by atoms with E-state index < -0.39 is 0 Å². The van der Waals surface area contributed by atoms with Gasteiger partial charge in [-0.3, -0.25) is 0 Å². The number of rotatable bonds is 1. The largest absolute Gasteiger partial charge is 4.00 e. The molecule has 0 aromatic heterocycles. The summed E-state index contributed by atoms with van der Waals surface area (Å²) in [5.74, 6) is 1.69. The summed E-state index contributed by atoms with van der Waals surface area (Å²) in [6, 6.07) is 0. The number of halogens is 5. The van der Waals surface area contributed by atoms with E-state index in [4.69, 9.17) is 0 Å². The van der Waals surface area contributed by atoms with E-state index in [0.29, 0.717) is 0 Å². The van der Waals surface area contributed by atoms with Gasteiger partial charge >= 0.3 is 64.5 Å². The zero-order valence-electron chi connectivity index (χ0n) is 6.28. The Labute approximate surface area is 125 Å². The molecule has 0 bridgehead atoms. The Hall–Kier alpha value is 2.17. The van der Waals surface area contributed by atoms with Gasteiger partial charge in [-0.2, -0.15) is 0 Å². The third kappa shape index (κ3) is 56.8. The maximum absolute atomic E-state index is 9.84. The van der Waals surface area contributed by atoms with Crippen molar-refractivity contribution in [3.63, 3.8) is 0 Å². The van der Waals surface area contributed by atoms with Gasteiger partial charge in [0.05, 0.1) is 0 Å². The minimum absolute atomic E-state index is 0. The molecule has 0 fully saturated rings. The van der Waals surface area contributed by atoms with Gasteiger partial charge in [-0.15, -0.1) is 0 Å². The van der Waals surface area contributed by atoms with Crippen molar-refractivity contribution in [2.24, 2.45) is 0 Å². The van der Waals surface area contributed by atoms with Crippen molar-refractivity contribution in [1.82, 2.24) is 0 Å². The molecule has 2 nitrogen and oxygen atoms in total. The normalized spacial score (nSPS) is 3.17. The smallest absolute Gasteiger partial charge is 1.00 e. The molecule has 0 saturated carbocycles. The molecule has 0 unspecified atom stereocenters. The first-order valence-corrected chi connectivity index (χ1v) is 3.35. The van der Waals surface area contributed by atoms with Crippen LogP contribution in [0.25, 0.3) is 0 Å². The number of hydrogen-bond donors (Lipinski definition) is 0. The molecule has 0 spiro atoms. The molecular formula is C3H6AlCl5O2Ti. The summed E-state index contributed by atoms with van der Waals surface area (Å²) < 4.78 is 4.49. The van der Waals surface area contributed by atoms with E-state index in [2.05, 4.69) is 3.79 Å². The Morgan fingerprint density at radius 3 is 1.33 bits per heavy atom. The van der Waals surface area contributed by atoms with Crippen LogP contribution in [0.2, 0.25) is 5.79 Å². The van der Waals surface area contributed by atoms with Crippen LogP contribution < -0.4 is 62.0 Å². The van der Waals surface area contributed by atoms with Crippen LogP contribution in [0.1, 0.15) is 6.92 Å². The molecule has 0 aliphatic carbocycles. The summed E-state index contributed by atoms with van der Waals surface area (Å²) in [7, 11) is 0. The molecule has 0 aliphatic rings. The first kappa shape index (κ1) is 47.8. The summed E-state index contributed by atoms with van der Waals surface area (Å²) in [5, 5.41) is 0. The molecule has 0 amide bonds. The average molecular weight is 326 g/mol. The predicted molar refractivity (Wildman–Crippen MR) is 23.4 cm³/mol. The van der Waals surface area contributed by atoms with Crippen LogP contribution in [0, 0.1) is 0 Å². The Bertz CT molecular complexity index is 68.7. The van der Waals surface area contributed by atoms with E-state index in [0.717, 1.165) is 0 Å². The summed E-state index contributed by atoms with van der Waals surface area (Å²) in [6.07, 6.45) is 0. The molecule has 12 heavy (non-hydrogen) atoms. The minimum Gasteiger partial charge on any atom is -1.00 e. The predicted octanol–water partition coefficient (Wildman–Crippen LogP) is -14.8. The second kappa shape index (κ2) is 37.9. The Morgan fingerprint density at radius 2 is 1.33 bits per heavy atom. The van der Waals surface area contributed by atoms with Gasteiger partial charge in [0, 0.05) is 0 Å². The standard InChI is InChI=1S/C2H4O2.CH3.Al.5ClH.Ti/c1-2(3)4;;;;;;;;/h1H3,(H,3,4);1H3;;5*1H;/q;;+2;;;;;;+4/p-6. The molecule has 0 rings (SSSR count). The topological polar surface area (TPSA) is 26.3 Å². The van der Waals surface area contributed by atoms with E-state index in [1.54, 1.807) is 0 Å². The molecule has 0 N–H and O–H groups in total. The summed E-state index contributed by atoms with van der Waals surface area (Å²) in [5.41, 5.74) is 0. The van der Waals surface area contributed by atoms with E-state index in [1.165, 1.54) is 6.92 Å². The van der Waals surface area contributed by atoms with Crippen LogP contribution in [0.4, 0.5) is 0 Å². The quantitative estimate of drug-likeness (QED) is 0.448. The first-order chi connectivity index (χ1) is 2.77. The molecule has 0 radical (unpaired) electrons. The van der Waals surface area contributed by atoms with Gasteiger partial charge in [0.25, 0.3) is 0 Å². The molecule has 0 aliphatic heterocycles. The second-order valence-corrected chi connectivity index (χ2v) is 1.55. The van der Waals surface area contributed by atoms with Gasteiger partial charge in [-0.1, -0.05) is 0 Å². The van der Waals surface area contributed by atoms with Gasteiger partial charge in [0.15, 0.2) is 0 Å². The van der Waals surface area contributed by atoms with Crippen molar-refractivity contribution in [2.75, 3.05) is 0 Å². The fourth-order valence-electron chi connectivity index (χ4n) is 0.166. The molecule has 0 atom stereocenters. The van der Waals surface area contributed by atoms with Crippen LogP contribution in [-0.4, -0.2) is 21.5 Å². The van der Waals surface area contributed by atoms with Crippen molar-refractivity contribution >= 4 is 21.5 Å². The van der Waals surface area contributed by atoms with Gasteiger partial charge in [-0.05, 0) is 0 Å². The van der Waals surface area contributed by atoms with Crippen molar-refractivity contribution in [3.8, 4) is 0 Å². The fraction of sp³-hybridized carbons (Fsp3) is 0.667. The fourth-order valence-corrected chi connectivity index (χ4v) is 0.498. The molecule has 0 aromatic carbocycles. The van der Waals surface area contributed by atoms with E-state index in [9.17, 15) is 4.79 Å². The summed E-state index contributed by atoms with van der Waals surface area (Å²) in [6.45, 7) is 1.41. The Balaban J connectivity index is -0.00000000833. The van der Waals surface area contributed by atoms with Crippen molar-refractivity contribution in [1.29, 1.82) is 0 Å². The van der Waals surface area contributed by atoms with E-state index in [1.807, 2.05) is 5.79 Å². The molecule has 72 valence electrons. The number of carbonyl (C=O) groups excluding carboxylic acids is 1. The van der Waals surface area contributed by atoms with Crippen LogP contribution in [-0.2, 0) is 30.3 Å². The van der Waals surface area contributed by atoms with Gasteiger partial charge < -0.3 is 62.0 Å². The number of hydrogen-bond acceptors (Lipinski definition) is 2. The molecular weight excluding hydrogens is 320 g/mol. The zero-order valence-corrected chi connectivity index (χ0v) is 12.8. The summed E-state index contributed by atoms with van der Waals surface area (Å²) in [4.78, 5) is 9.84. The van der Waals surface area contributed by atoms with Crippen LogP contribution in [0.3, 0.4) is 0 Å². The Morgan fingerprint density at radius 1 is 1.08 bits per heavy atom. The Kier molecular flexibility index (Phi) is 151. The summed E-state index contributed by atoms with van der Waals surface area (Å²) >= 11 is -0.0972. The monoisotopic (exact) mass is 324 g/mol. The van der Waals surface area contributed by atoms with Crippen molar-refractivity contribution in [2.45, 2.75) is 12.7 Å². The van der Waals surface area contributed by atoms with Gasteiger partial charge in [0.2, 0.25) is 0 Å². The molecule has 0 saturated heterocycles. The van der Waals surface area contributed by atoms with Crippen molar-refractivity contribution < 1.29 is 92.3 Å². The average Bonchev–Trinajstić information content (AvgIpc) is 1.35. The number of carbonyl (C=O) groups is 1. The van der Waals surface area contributed by atoms with Crippen molar-refractivity contribution in [3.05, 3.63) is 0 Å². The van der Waals surface area contributed by atoms with Crippen LogP contribution in [0.15, 0.2) is 0 Å². The van der Waals surface area contributed by atoms with E-state index in [-0.39, 0.29) is 105 Å². The third-order valence-electron chi connectivity index (χ3n) is 0.284. The van der Waals surface area contributed by atoms with Gasteiger partial charge in [-0.25, -0.2) is 0 Å². The van der Waals surface area contributed by atoms with Gasteiger partial charge in [0.1, 0.15) is 0 Å². The molecule has 0 heterocycles. The maximum atomic E-state index is 9.84.